The monoisotopic (exact) mass is 214 g/mol. The minimum atomic E-state index is 0.647. The van der Waals surface area contributed by atoms with E-state index in [0.29, 0.717) is 11.5 Å². The van der Waals surface area contributed by atoms with E-state index in [0.717, 1.165) is 0 Å². The molecule has 0 aliphatic heterocycles. The summed E-state index contributed by atoms with van der Waals surface area (Å²) in [5.41, 5.74) is 0. The Bertz CT molecular complexity index is 352. The van der Waals surface area contributed by atoms with Crippen molar-refractivity contribution in [1.29, 1.82) is 0 Å². The Morgan fingerprint density at radius 2 is 1.56 bits per heavy atom. The zero-order valence-corrected chi connectivity index (χ0v) is 9.73. The molecular formula is C15H18O. The molecule has 0 spiro atoms. The van der Waals surface area contributed by atoms with Crippen molar-refractivity contribution in [2.45, 2.75) is 6.92 Å². The Kier molecular flexibility index (Phi) is 8.33. The van der Waals surface area contributed by atoms with Crippen LogP contribution < -0.4 is 0 Å². The van der Waals surface area contributed by atoms with Gasteiger partial charge in [-0.25, -0.2) is 0 Å². The fourth-order valence-electron chi connectivity index (χ4n) is 0.897. The van der Waals surface area contributed by atoms with Gasteiger partial charge in [0.1, 0.15) is 11.5 Å². The third-order valence-corrected chi connectivity index (χ3v) is 1.57. The van der Waals surface area contributed by atoms with Crippen molar-refractivity contribution in [2.24, 2.45) is 0 Å². The number of rotatable bonds is 7. The van der Waals surface area contributed by atoms with Crippen LogP contribution in [0.1, 0.15) is 6.92 Å². The maximum atomic E-state index is 5.57. The van der Waals surface area contributed by atoms with Crippen molar-refractivity contribution >= 4 is 0 Å². The lowest BCUT2D eigenvalue weighted by atomic mass is 10.3. The van der Waals surface area contributed by atoms with Crippen molar-refractivity contribution in [2.75, 3.05) is 0 Å². The molecule has 0 saturated heterocycles. The van der Waals surface area contributed by atoms with E-state index in [1.807, 2.05) is 31.2 Å². The maximum absolute atomic E-state index is 5.57. The average molecular weight is 214 g/mol. The van der Waals surface area contributed by atoms with Gasteiger partial charge < -0.3 is 4.74 Å². The predicted octanol–water partition coefficient (Wildman–Crippen LogP) is 4.46. The van der Waals surface area contributed by atoms with E-state index in [2.05, 4.69) is 19.7 Å². The molecule has 0 aliphatic rings. The summed E-state index contributed by atoms with van der Waals surface area (Å²) in [6.45, 7) is 12.8. The molecule has 16 heavy (non-hydrogen) atoms. The molecular weight excluding hydrogens is 196 g/mol. The van der Waals surface area contributed by atoms with Gasteiger partial charge in [-0.15, -0.1) is 0 Å². The molecule has 0 bridgehead atoms. The van der Waals surface area contributed by atoms with Gasteiger partial charge in [0.15, 0.2) is 0 Å². The van der Waals surface area contributed by atoms with Crippen LogP contribution in [0.3, 0.4) is 0 Å². The summed E-state index contributed by atoms with van der Waals surface area (Å²) < 4.78 is 5.57. The average Bonchev–Trinajstić information content (AvgIpc) is 2.29. The second-order valence-electron chi connectivity index (χ2n) is 2.80. The van der Waals surface area contributed by atoms with Crippen LogP contribution in [0.25, 0.3) is 0 Å². The Morgan fingerprint density at radius 3 is 2.06 bits per heavy atom. The van der Waals surface area contributed by atoms with Gasteiger partial charge in [0, 0.05) is 0 Å². The van der Waals surface area contributed by atoms with Crippen molar-refractivity contribution in [3.63, 3.8) is 0 Å². The molecule has 0 aliphatic carbocycles. The highest BCUT2D eigenvalue weighted by molar-refractivity contribution is 5.25. The zero-order chi connectivity index (χ0) is 12.2. The van der Waals surface area contributed by atoms with Crippen molar-refractivity contribution in [1.82, 2.24) is 0 Å². The Labute approximate surface area is 98.1 Å². The van der Waals surface area contributed by atoms with Crippen LogP contribution in [0.15, 0.2) is 85.9 Å². The third-order valence-electron chi connectivity index (χ3n) is 1.57. The molecule has 0 unspecified atom stereocenters. The van der Waals surface area contributed by atoms with Crippen LogP contribution in [0, 0.1) is 0 Å². The molecule has 0 fully saturated rings. The van der Waals surface area contributed by atoms with E-state index in [1.165, 1.54) is 0 Å². The molecule has 0 aromatic rings. The Morgan fingerprint density at radius 1 is 0.938 bits per heavy atom. The molecule has 0 atom stereocenters. The third kappa shape index (κ3) is 6.44. The Balaban J connectivity index is 4.75. The van der Waals surface area contributed by atoms with Gasteiger partial charge in [-0.05, 0) is 31.2 Å². The summed E-state index contributed by atoms with van der Waals surface area (Å²) in [6, 6.07) is 0. The fraction of sp³-hybridized carbons (Fsp3) is 0.0667. The summed E-state index contributed by atoms with van der Waals surface area (Å²) in [5, 5.41) is 0. The summed E-state index contributed by atoms with van der Waals surface area (Å²) in [4.78, 5) is 0. The van der Waals surface area contributed by atoms with Crippen LogP contribution in [0.4, 0.5) is 0 Å². The van der Waals surface area contributed by atoms with E-state index >= 15 is 0 Å². The summed E-state index contributed by atoms with van der Waals surface area (Å²) in [6.07, 6.45) is 16.1. The van der Waals surface area contributed by atoms with Crippen molar-refractivity contribution in [3.05, 3.63) is 85.9 Å². The van der Waals surface area contributed by atoms with Crippen molar-refractivity contribution < 1.29 is 4.74 Å². The molecule has 0 aromatic heterocycles. The molecule has 0 radical (unpaired) electrons. The first-order valence-corrected chi connectivity index (χ1v) is 5.03. The quantitative estimate of drug-likeness (QED) is 0.449. The summed E-state index contributed by atoms with van der Waals surface area (Å²) in [7, 11) is 0. The smallest absolute Gasteiger partial charge is 0.127 e. The van der Waals surface area contributed by atoms with Gasteiger partial charge in [0.2, 0.25) is 0 Å². The highest BCUT2D eigenvalue weighted by Gasteiger charge is 1.94. The van der Waals surface area contributed by atoms with Crippen LogP contribution in [0.2, 0.25) is 0 Å². The molecule has 0 amide bonds. The summed E-state index contributed by atoms with van der Waals surface area (Å²) in [5.74, 6) is 1.34. The lowest BCUT2D eigenvalue weighted by molar-refractivity contribution is 0.336. The van der Waals surface area contributed by atoms with Gasteiger partial charge in [-0.1, -0.05) is 50.1 Å². The van der Waals surface area contributed by atoms with E-state index in [4.69, 9.17) is 4.74 Å². The lowest BCUT2D eigenvalue weighted by Crippen LogP contribution is -1.87. The van der Waals surface area contributed by atoms with Crippen LogP contribution in [-0.4, -0.2) is 0 Å². The standard InChI is InChI=1S/C15H18O/c1-5-9-10-13-15(12-7-3)16-14(8-4)11-6-2/h5-13H,2-4H2,1H3/b9-5-,13-10-,14-11+,15-12+. The highest BCUT2D eigenvalue weighted by Crippen LogP contribution is 2.09. The highest BCUT2D eigenvalue weighted by atomic mass is 16.5. The molecule has 1 nitrogen and oxygen atoms in total. The largest absolute Gasteiger partial charge is 0.457 e. The van der Waals surface area contributed by atoms with Gasteiger partial charge in [-0.3, -0.25) is 0 Å². The second kappa shape index (κ2) is 9.53. The molecule has 84 valence electrons. The van der Waals surface area contributed by atoms with E-state index in [9.17, 15) is 0 Å². The second-order valence-corrected chi connectivity index (χ2v) is 2.80. The first-order chi connectivity index (χ1) is 7.78. The Hall–Kier alpha value is -2.02. The lowest BCUT2D eigenvalue weighted by Gasteiger charge is -2.05. The minimum absolute atomic E-state index is 0.647. The van der Waals surface area contributed by atoms with E-state index in [-0.39, 0.29) is 0 Å². The van der Waals surface area contributed by atoms with E-state index in [1.54, 1.807) is 30.4 Å². The first kappa shape index (κ1) is 14.0. The minimum Gasteiger partial charge on any atom is -0.457 e. The first-order valence-electron chi connectivity index (χ1n) is 5.03. The maximum Gasteiger partial charge on any atom is 0.127 e. The topological polar surface area (TPSA) is 9.23 Å². The van der Waals surface area contributed by atoms with Gasteiger partial charge in [0.25, 0.3) is 0 Å². The van der Waals surface area contributed by atoms with Crippen LogP contribution >= 0.6 is 0 Å². The summed E-state index contributed by atoms with van der Waals surface area (Å²) >= 11 is 0. The molecule has 1 heteroatoms. The van der Waals surface area contributed by atoms with Gasteiger partial charge in [-0.2, -0.15) is 0 Å². The fourth-order valence-corrected chi connectivity index (χ4v) is 0.897. The number of ether oxygens (including phenoxy) is 1. The molecule has 0 heterocycles. The predicted molar refractivity (Wildman–Crippen MR) is 71.8 cm³/mol. The number of hydrogen-bond acceptors (Lipinski definition) is 1. The molecule has 0 saturated carbocycles. The zero-order valence-electron chi connectivity index (χ0n) is 9.73. The number of allylic oxidation sites excluding steroid dienone is 9. The van der Waals surface area contributed by atoms with E-state index < -0.39 is 0 Å². The van der Waals surface area contributed by atoms with Crippen LogP contribution in [0.5, 0.6) is 0 Å². The molecule has 0 aromatic carbocycles. The van der Waals surface area contributed by atoms with Gasteiger partial charge >= 0.3 is 0 Å². The van der Waals surface area contributed by atoms with Crippen molar-refractivity contribution in [3.8, 4) is 0 Å². The van der Waals surface area contributed by atoms with Crippen LogP contribution in [-0.2, 0) is 4.74 Å². The molecule has 0 N–H and O–H groups in total. The van der Waals surface area contributed by atoms with Gasteiger partial charge in [0.05, 0.1) is 0 Å². The SMILES string of the molecule is C=C/C=C(\C=C)OC(/C=C\C=C/C)=C/C=C. The molecule has 0 rings (SSSR count). The number of hydrogen-bond donors (Lipinski definition) is 0. The normalized spacial score (nSPS) is 13.1.